The number of aryl methyl sites for hydroxylation is 1. The molecule has 1 unspecified atom stereocenters. The molecular formula is C20H19ClF2N4OS. The Hall–Kier alpha value is -2.58. The van der Waals surface area contributed by atoms with Gasteiger partial charge in [-0.1, -0.05) is 17.7 Å². The van der Waals surface area contributed by atoms with Crippen LogP contribution < -0.4 is 5.32 Å². The number of aromatic nitrogens is 3. The third-order valence-electron chi connectivity index (χ3n) is 4.42. The van der Waals surface area contributed by atoms with Gasteiger partial charge in [0.15, 0.2) is 22.2 Å². The van der Waals surface area contributed by atoms with E-state index in [1.165, 1.54) is 12.1 Å². The van der Waals surface area contributed by atoms with Gasteiger partial charge in [-0.25, -0.2) is 8.78 Å². The first kappa shape index (κ1) is 21.1. The molecule has 0 aliphatic heterocycles. The quantitative estimate of drug-likeness (QED) is 0.529. The number of amides is 1. The molecule has 9 heteroatoms. The van der Waals surface area contributed by atoms with E-state index < -0.39 is 11.6 Å². The molecule has 0 spiro atoms. The van der Waals surface area contributed by atoms with Gasteiger partial charge >= 0.3 is 0 Å². The normalized spacial score (nSPS) is 12.0. The highest BCUT2D eigenvalue weighted by atomic mass is 35.5. The lowest BCUT2D eigenvalue weighted by Gasteiger charge is -2.15. The minimum atomic E-state index is -0.872. The summed E-state index contributed by atoms with van der Waals surface area (Å²) in [6, 6.07) is 10.7. The Labute approximate surface area is 176 Å². The SMILES string of the molecule is CC(CCc1ccc(F)c(F)c1)NC(=O)Cn1c(-c2ccc(Cl)cc2)n[nH]c1=S. The fourth-order valence-electron chi connectivity index (χ4n) is 2.90. The van der Waals surface area contributed by atoms with E-state index in [1.54, 1.807) is 28.8 Å². The smallest absolute Gasteiger partial charge is 0.240 e. The molecule has 0 aliphatic carbocycles. The number of aromatic amines is 1. The Bertz CT molecular complexity index is 1070. The Kier molecular flexibility index (Phi) is 6.76. The maximum Gasteiger partial charge on any atom is 0.240 e. The molecule has 1 atom stereocenters. The molecule has 1 aromatic heterocycles. The second kappa shape index (κ2) is 9.28. The van der Waals surface area contributed by atoms with Crippen LogP contribution in [0.5, 0.6) is 0 Å². The predicted octanol–water partition coefficient (Wildman–Crippen LogP) is 4.68. The van der Waals surface area contributed by atoms with Crippen molar-refractivity contribution in [1.29, 1.82) is 0 Å². The molecule has 0 radical (unpaired) electrons. The molecule has 2 N–H and O–H groups in total. The highest BCUT2D eigenvalue weighted by Gasteiger charge is 2.14. The van der Waals surface area contributed by atoms with Crippen LogP contribution in [-0.4, -0.2) is 26.7 Å². The van der Waals surface area contributed by atoms with Crippen LogP contribution in [0.1, 0.15) is 18.9 Å². The number of rotatable bonds is 7. The van der Waals surface area contributed by atoms with Gasteiger partial charge in [0, 0.05) is 16.6 Å². The van der Waals surface area contributed by atoms with E-state index in [0.717, 1.165) is 11.6 Å². The van der Waals surface area contributed by atoms with Crippen molar-refractivity contribution in [2.75, 3.05) is 0 Å². The molecule has 5 nitrogen and oxygen atoms in total. The number of carbonyl (C=O) groups excluding carboxylic acids is 1. The number of carbonyl (C=O) groups is 1. The van der Waals surface area contributed by atoms with Crippen LogP contribution in [0.4, 0.5) is 8.78 Å². The molecule has 1 heterocycles. The highest BCUT2D eigenvalue weighted by Crippen LogP contribution is 2.20. The number of benzene rings is 2. The highest BCUT2D eigenvalue weighted by molar-refractivity contribution is 7.71. The molecule has 0 bridgehead atoms. The fraction of sp³-hybridized carbons (Fsp3) is 0.250. The standard InChI is InChI=1S/C20H19ClF2N4OS/c1-12(2-3-13-4-9-16(22)17(23)10-13)24-18(28)11-27-19(25-26-20(27)29)14-5-7-15(21)8-6-14/h4-10,12H,2-3,11H2,1H3,(H,24,28)(H,26,29). The summed E-state index contributed by atoms with van der Waals surface area (Å²) >= 11 is 11.2. The summed E-state index contributed by atoms with van der Waals surface area (Å²) in [5.41, 5.74) is 1.45. The van der Waals surface area contributed by atoms with Crippen LogP contribution in [0.3, 0.4) is 0 Å². The van der Waals surface area contributed by atoms with Crippen molar-refractivity contribution >= 4 is 29.7 Å². The molecule has 29 heavy (non-hydrogen) atoms. The van der Waals surface area contributed by atoms with Gasteiger partial charge in [0.2, 0.25) is 5.91 Å². The zero-order valence-electron chi connectivity index (χ0n) is 15.6. The molecule has 152 valence electrons. The van der Waals surface area contributed by atoms with Crippen LogP contribution in [0.15, 0.2) is 42.5 Å². The van der Waals surface area contributed by atoms with E-state index in [9.17, 15) is 13.6 Å². The minimum Gasteiger partial charge on any atom is -0.352 e. The molecular weight excluding hydrogens is 418 g/mol. The number of nitrogens with one attached hydrogen (secondary N) is 2. The van der Waals surface area contributed by atoms with E-state index in [-0.39, 0.29) is 18.5 Å². The molecule has 0 saturated heterocycles. The number of hydrogen-bond donors (Lipinski definition) is 2. The average molecular weight is 437 g/mol. The van der Waals surface area contributed by atoms with Gasteiger partial charge in [0.25, 0.3) is 0 Å². The summed E-state index contributed by atoms with van der Waals surface area (Å²) in [6.45, 7) is 1.86. The second-order valence-corrected chi connectivity index (χ2v) is 7.52. The third-order valence-corrected chi connectivity index (χ3v) is 4.98. The zero-order chi connectivity index (χ0) is 21.0. The summed E-state index contributed by atoms with van der Waals surface area (Å²) < 4.78 is 28.2. The van der Waals surface area contributed by atoms with Crippen molar-refractivity contribution in [1.82, 2.24) is 20.1 Å². The molecule has 0 saturated carbocycles. The van der Waals surface area contributed by atoms with Crippen LogP contribution in [0, 0.1) is 16.4 Å². The van der Waals surface area contributed by atoms with Gasteiger partial charge in [-0.3, -0.25) is 14.5 Å². The second-order valence-electron chi connectivity index (χ2n) is 6.70. The molecule has 0 fully saturated rings. The van der Waals surface area contributed by atoms with Crippen molar-refractivity contribution in [3.8, 4) is 11.4 Å². The third kappa shape index (κ3) is 5.48. The Morgan fingerprint density at radius 2 is 1.97 bits per heavy atom. The maximum atomic E-state index is 13.3. The Morgan fingerprint density at radius 3 is 2.66 bits per heavy atom. The van der Waals surface area contributed by atoms with Crippen LogP contribution in [0.2, 0.25) is 5.02 Å². The summed E-state index contributed by atoms with van der Waals surface area (Å²) in [5.74, 6) is -1.43. The largest absolute Gasteiger partial charge is 0.352 e. The molecule has 3 rings (SSSR count). The van der Waals surface area contributed by atoms with E-state index in [2.05, 4.69) is 15.5 Å². The van der Waals surface area contributed by atoms with Crippen molar-refractivity contribution in [3.05, 3.63) is 69.5 Å². The van der Waals surface area contributed by atoms with Crippen molar-refractivity contribution in [2.45, 2.75) is 32.4 Å². The van der Waals surface area contributed by atoms with Crippen LogP contribution >= 0.6 is 23.8 Å². The first-order valence-corrected chi connectivity index (χ1v) is 9.76. The maximum absolute atomic E-state index is 13.3. The number of H-pyrrole nitrogens is 1. The monoisotopic (exact) mass is 436 g/mol. The fourth-order valence-corrected chi connectivity index (χ4v) is 3.22. The lowest BCUT2D eigenvalue weighted by molar-refractivity contribution is -0.122. The first-order valence-electron chi connectivity index (χ1n) is 8.98. The van der Waals surface area contributed by atoms with E-state index >= 15 is 0 Å². The van der Waals surface area contributed by atoms with Gasteiger partial charge in [-0.2, -0.15) is 5.10 Å². The summed E-state index contributed by atoms with van der Waals surface area (Å²) in [7, 11) is 0. The van der Waals surface area contributed by atoms with Crippen LogP contribution in [-0.2, 0) is 17.8 Å². The molecule has 3 aromatic rings. The van der Waals surface area contributed by atoms with Gasteiger partial charge in [0.1, 0.15) is 6.54 Å². The Balaban J connectivity index is 1.60. The average Bonchev–Trinajstić information content (AvgIpc) is 3.03. The van der Waals surface area contributed by atoms with E-state index in [4.69, 9.17) is 23.8 Å². The zero-order valence-corrected chi connectivity index (χ0v) is 17.2. The van der Waals surface area contributed by atoms with Gasteiger partial charge in [-0.15, -0.1) is 0 Å². The van der Waals surface area contributed by atoms with Gasteiger partial charge in [-0.05, 0) is 73.9 Å². The summed E-state index contributed by atoms with van der Waals surface area (Å²) in [6.07, 6.45) is 1.09. The molecule has 2 aromatic carbocycles. The number of nitrogens with zero attached hydrogens (tertiary/aromatic N) is 2. The summed E-state index contributed by atoms with van der Waals surface area (Å²) in [4.78, 5) is 12.5. The minimum absolute atomic E-state index is 0.00279. The van der Waals surface area contributed by atoms with E-state index in [1.807, 2.05) is 6.92 Å². The summed E-state index contributed by atoms with van der Waals surface area (Å²) in [5, 5.41) is 10.4. The van der Waals surface area contributed by atoms with Crippen molar-refractivity contribution in [3.63, 3.8) is 0 Å². The number of hydrogen-bond acceptors (Lipinski definition) is 3. The van der Waals surface area contributed by atoms with Crippen LogP contribution in [0.25, 0.3) is 11.4 Å². The Morgan fingerprint density at radius 1 is 1.24 bits per heavy atom. The molecule has 0 aliphatic rings. The van der Waals surface area contributed by atoms with Crippen molar-refractivity contribution in [2.24, 2.45) is 0 Å². The first-order chi connectivity index (χ1) is 13.8. The van der Waals surface area contributed by atoms with Gasteiger partial charge in [0.05, 0.1) is 0 Å². The topological polar surface area (TPSA) is 62.7 Å². The van der Waals surface area contributed by atoms with E-state index in [0.29, 0.717) is 34.0 Å². The van der Waals surface area contributed by atoms with Crippen molar-refractivity contribution < 1.29 is 13.6 Å². The predicted molar refractivity (Wildman–Crippen MR) is 110 cm³/mol. The number of halogens is 3. The lowest BCUT2D eigenvalue weighted by atomic mass is 10.1. The van der Waals surface area contributed by atoms with Gasteiger partial charge < -0.3 is 5.32 Å². The molecule has 1 amide bonds. The lowest BCUT2D eigenvalue weighted by Crippen LogP contribution is -2.35.